The zero-order valence-corrected chi connectivity index (χ0v) is 12.3. The summed E-state index contributed by atoms with van der Waals surface area (Å²) in [5.41, 5.74) is -0.479. The molecule has 1 aromatic carbocycles. The summed E-state index contributed by atoms with van der Waals surface area (Å²) in [5.74, 6) is -1.97. The largest absolute Gasteiger partial charge is 0.467 e. The van der Waals surface area contributed by atoms with Crippen LogP contribution in [0.25, 0.3) is 11.3 Å². The van der Waals surface area contributed by atoms with Crippen molar-refractivity contribution in [2.75, 3.05) is 6.54 Å². The molecule has 1 unspecified atom stereocenters. The number of H-pyrrole nitrogens is 1. The average molecular weight is 333 g/mol. The molecule has 3 aromatic rings. The fourth-order valence-corrected chi connectivity index (χ4v) is 2.25. The second-order valence-electron chi connectivity index (χ2n) is 5.00. The number of hydrogen-bond donors (Lipinski definition) is 3. The Hall–Kier alpha value is -3.00. The van der Waals surface area contributed by atoms with Crippen molar-refractivity contribution < 1.29 is 23.1 Å². The Bertz CT molecular complexity index is 826. The molecule has 2 heterocycles. The molecule has 6 nitrogen and oxygen atoms in total. The van der Waals surface area contributed by atoms with Crippen LogP contribution >= 0.6 is 0 Å². The minimum Gasteiger partial charge on any atom is -0.467 e. The third-order valence-corrected chi connectivity index (χ3v) is 3.42. The van der Waals surface area contributed by atoms with Gasteiger partial charge in [0.15, 0.2) is 0 Å². The maximum Gasteiger partial charge on any atom is 0.255 e. The van der Waals surface area contributed by atoms with Gasteiger partial charge in [-0.3, -0.25) is 9.89 Å². The molecule has 0 spiro atoms. The van der Waals surface area contributed by atoms with Crippen LogP contribution in [0.1, 0.15) is 22.2 Å². The number of carbonyl (C=O) groups excluding carboxylic acids is 1. The lowest BCUT2D eigenvalue weighted by molar-refractivity contribution is 0.0902. The fraction of sp³-hybridized carbons (Fsp3) is 0.125. The molecule has 0 aliphatic heterocycles. The topological polar surface area (TPSA) is 91.2 Å². The molecule has 0 saturated carbocycles. The number of carbonyl (C=O) groups is 1. The van der Waals surface area contributed by atoms with E-state index >= 15 is 0 Å². The van der Waals surface area contributed by atoms with Crippen LogP contribution < -0.4 is 5.32 Å². The molecule has 124 valence electrons. The van der Waals surface area contributed by atoms with Gasteiger partial charge in [0.25, 0.3) is 5.91 Å². The number of rotatable bonds is 5. The number of aromatic amines is 1. The lowest BCUT2D eigenvalue weighted by Crippen LogP contribution is -2.28. The van der Waals surface area contributed by atoms with Gasteiger partial charge in [0.1, 0.15) is 23.5 Å². The standard InChI is InChI=1S/C16H13F2N3O3/c17-10-3-1-4-11(18)14(10)15-9(7-20-21-15)16(23)19-8-12(22)13-5-2-6-24-13/h1-7,12,22H,8H2,(H,19,23)(H,20,21). The predicted octanol–water partition coefficient (Wildman–Crippen LogP) is 2.41. The van der Waals surface area contributed by atoms with Crippen LogP contribution in [-0.2, 0) is 0 Å². The van der Waals surface area contributed by atoms with Gasteiger partial charge in [-0.1, -0.05) is 6.07 Å². The van der Waals surface area contributed by atoms with E-state index in [0.29, 0.717) is 5.76 Å². The van der Waals surface area contributed by atoms with Gasteiger partial charge in [-0.05, 0) is 24.3 Å². The SMILES string of the molecule is O=C(NCC(O)c1ccco1)c1cn[nH]c1-c1c(F)cccc1F. The quantitative estimate of drug-likeness (QED) is 0.669. The smallest absolute Gasteiger partial charge is 0.255 e. The highest BCUT2D eigenvalue weighted by molar-refractivity contribution is 5.99. The van der Waals surface area contributed by atoms with E-state index in [9.17, 15) is 18.7 Å². The average Bonchev–Trinajstić information content (AvgIpc) is 3.23. The molecule has 24 heavy (non-hydrogen) atoms. The molecule has 8 heteroatoms. The number of amides is 1. The molecule has 0 radical (unpaired) electrons. The molecular formula is C16H13F2N3O3. The van der Waals surface area contributed by atoms with E-state index in [1.807, 2.05) is 0 Å². The minimum atomic E-state index is -1.04. The van der Waals surface area contributed by atoms with Gasteiger partial charge in [-0.15, -0.1) is 0 Å². The molecule has 0 saturated heterocycles. The summed E-state index contributed by atoms with van der Waals surface area (Å²) in [6.45, 7) is -0.128. The predicted molar refractivity (Wildman–Crippen MR) is 79.9 cm³/mol. The third kappa shape index (κ3) is 3.04. The van der Waals surface area contributed by atoms with Gasteiger partial charge in [0.2, 0.25) is 0 Å². The normalized spacial score (nSPS) is 12.1. The molecule has 0 bridgehead atoms. The van der Waals surface area contributed by atoms with Crippen molar-refractivity contribution in [3.8, 4) is 11.3 Å². The molecule has 0 fully saturated rings. The second-order valence-corrected chi connectivity index (χ2v) is 5.00. The monoisotopic (exact) mass is 333 g/mol. The molecule has 0 aliphatic carbocycles. The first kappa shape index (κ1) is 15.9. The number of aliphatic hydroxyl groups excluding tert-OH is 1. The van der Waals surface area contributed by atoms with Crippen LogP contribution in [0.2, 0.25) is 0 Å². The van der Waals surface area contributed by atoms with E-state index in [0.717, 1.165) is 18.3 Å². The van der Waals surface area contributed by atoms with E-state index < -0.39 is 23.6 Å². The van der Waals surface area contributed by atoms with Gasteiger partial charge < -0.3 is 14.8 Å². The van der Waals surface area contributed by atoms with E-state index in [2.05, 4.69) is 15.5 Å². The van der Waals surface area contributed by atoms with Crippen LogP contribution in [0, 0.1) is 11.6 Å². The number of aliphatic hydroxyl groups is 1. The van der Waals surface area contributed by atoms with Gasteiger partial charge in [0.05, 0.1) is 35.8 Å². The molecule has 3 rings (SSSR count). The van der Waals surface area contributed by atoms with Crippen molar-refractivity contribution in [3.63, 3.8) is 0 Å². The second kappa shape index (κ2) is 6.63. The highest BCUT2D eigenvalue weighted by Gasteiger charge is 2.21. The number of nitrogens with one attached hydrogen (secondary N) is 2. The van der Waals surface area contributed by atoms with Crippen LogP contribution in [0.3, 0.4) is 0 Å². The number of aromatic nitrogens is 2. The first-order valence-electron chi connectivity index (χ1n) is 7.05. The van der Waals surface area contributed by atoms with E-state index in [1.54, 1.807) is 12.1 Å². The van der Waals surface area contributed by atoms with Gasteiger partial charge in [0, 0.05) is 0 Å². The number of halogens is 2. The minimum absolute atomic E-state index is 0.0364. The molecular weight excluding hydrogens is 320 g/mol. The molecule has 0 aliphatic rings. The van der Waals surface area contributed by atoms with Crippen molar-refractivity contribution in [1.29, 1.82) is 0 Å². The zero-order valence-electron chi connectivity index (χ0n) is 12.3. The number of nitrogens with zero attached hydrogens (tertiary/aromatic N) is 1. The summed E-state index contributed by atoms with van der Waals surface area (Å²) < 4.78 is 32.8. The Morgan fingerprint density at radius 2 is 2.04 bits per heavy atom. The Labute approximate surface area is 135 Å². The summed E-state index contributed by atoms with van der Waals surface area (Å²) in [5, 5.41) is 18.5. The van der Waals surface area contributed by atoms with Crippen molar-refractivity contribution in [2.45, 2.75) is 6.10 Å². The Kier molecular flexibility index (Phi) is 4.39. The van der Waals surface area contributed by atoms with E-state index in [1.165, 1.54) is 12.3 Å². The Balaban J connectivity index is 1.79. The molecule has 2 aromatic heterocycles. The third-order valence-electron chi connectivity index (χ3n) is 3.42. The first-order chi connectivity index (χ1) is 11.6. The van der Waals surface area contributed by atoms with E-state index in [-0.39, 0.29) is 23.4 Å². The summed E-state index contributed by atoms with van der Waals surface area (Å²) in [7, 11) is 0. The molecule has 1 amide bonds. The van der Waals surface area contributed by atoms with Crippen LogP contribution in [0.5, 0.6) is 0 Å². The first-order valence-corrected chi connectivity index (χ1v) is 7.05. The van der Waals surface area contributed by atoms with Crippen molar-refractivity contribution in [3.05, 3.63) is 65.7 Å². The fourth-order valence-electron chi connectivity index (χ4n) is 2.25. The highest BCUT2D eigenvalue weighted by atomic mass is 19.1. The maximum absolute atomic E-state index is 13.9. The van der Waals surface area contributed by atoms with Crippen LogP contribution in [-0.4, -0.2) is 27.8 Å². The summed E-state index contributed by atoms with van der Waals surface area (Å²) in [6.07, 6.45) is 1.52. The summed E-state index contributed by atoms with van der Waals surface area (Å²) >= 11 is 0. The number of furan rings is 1. The summed E-state index contributed by atoms with van der Waals surface area (Å²) in [6, 6.07) is 6.57. The highest BCUT2D eigenvalue weighted by Crippen LogP contribution is 2.27. The van der Waals surface area contributed by atoms with Crippen molar-refractivity contribution in [2.24, 2.45) is 0 Å². The van der Waals surface area contributed by atoms with Gasteiger partial charge in [-0.25, -0.2) is 8.78 Å². The van der Waals surface area contributed by atoms with Gasteiger partial charge >= 0.3 is 0 Å². The lowest BCUT2D eigenvalue weighted by atomic mass is 10.1. The lowest BCUT2D eigenvalue weighted by Gasteiger charge is -2.10. The van der Waals surface area contributed by atoms with Crippen LogP contribution in [0.15, 0.2) is 47.2 Å². The maximum atomic E-state index is 13.9. The Morgan fingerprint density at radius 1 is 1.29 bits per heavy atom. The molecule has 1 atom stereocenters. The Morgan fingerprint density at radius 3 is 2.71 bits per heavy atom. The summed E-state index contributed by atoms with van der Waals surface area (Å²) in [4.78, 5) is 12.2. The number of benzene rings is 1. The van der Waals surface area contributed by atoms with Gasteiger partial charge in [-0.2, -0.15) is 5.10 Å². The van der Waals surface area contributed by atoms with Crippen molar-refractivity contribution >= 4 is 5.91 Å². The molecule has 3 N–H and O–H groups in total. The van der Waals surface area contributed by atoms with Crippen LogP contribution in [0.4, 0.5) is 8.78 Å². The van der Waals surface area contributed by atoms with Crippen molar-refractivity contribution in [1.82, 2.24) is 15.5 Å². The van der Waals surface area contributed by atoms with E-state index in [4.69, 9.17) is 4.42 Å². The zero-order chi connectivity index (χ0) is 17.1. The number of hydrogen-bond acceptors (Lipinski definition) is 4.